The summed E-state index contributed by atoms with van der Waals surface area (Å²) in [5, 5.41) is 0. The van der Waals surface area contributed by atoms with Crippen molar-refractivity contribution >= 4 is 20.2 Å². The zero-order chi connectivity index (χ0) is 12.6. The topological polar surface area (TPSA) is 118 Å². The third-order valence-corrected chi connectivity index (χ3v) is 3.57. The quantitative estimate of drug-likeness (QED) is 0.739. The van der Waals surface area contributed by atoms with Crippen molar-refractivity contribution in [2.75, 3.05) is 7.11 Å². The Balaban J connectivity index is 3.79. The largest absolute Gasteiger partial charge is 0.495 e. The van der Waals surface area contributed by atoms with Gasteiger partial charge in [-0.2, -0.15) is 16.8 Å². The fourth-order valence-corrected chi connectivity index (χ4v) is 2.94. The molecule has 0 atom stereocenters. The second kappa shape index (κ2) is 4.01. The van der Waals surface area contributed by atoms with Crippen LogP contribution in [0.5, 0.6) is 5.75 Å². The number of methoxy groups -OCH3 is 1. The summed E-state index contributed by atoms with van der Waals surface area (Å²) in [5.41, 5.74) is 0. The molecule has 0 saturated carbocycles. The summed E-state index contributed by atoms with van der Waals surface area (Å²) >= 11 is 0. The molecule has 16 heavy (non-hydrogen) atoms. The van der Waals surface area contributed by atoms with E-state index < -0.39 is 35.8 Å². The predicted molar refractivity (Wildman–Crippen MR) is 51.5 cm³/mol. The minimum Gasteiger partial charge on any atom is -0.495 e. The molecule has 0 aliphatic rings. The van der Waals surface area contributed by atoms with Crippen LogP contribution in [0.1, 0.15) is 0 Å². The van der Waals surface area contributed by atoms with E-state index in [2.05, 4.69) is 10.8 Å². The number of benzene rings is 1. The van der Waals surface area contributed by atoms with E-state index >= 15 is 0 Å². The molecule has 1 aromatic rings. The maximum Gasteiger partial charge on any atom is 0.299 e. The lowest BCUT2D eigenvalue weighted by Crippen LogP contribution is -2.10. The molecule has 0 aliphatic heterocycles. The van der Waals surface area contributed by atoms with Gasteiger partial charge in [-0.25, -0.2) is 0 Å². The van der Waals surface area contributed by atoms with Gasteiger partial charge in [-0.05, 0) is 12.1 Å². The van der Waals surface area contributed by atoms with Crippen LogP contribution in [-0.4, -0.2) is 33.1 Å². The van der Waals surface area contributed by atoms with Crippen LogP contribution in [0.3, 0.4) is 0 Å². The van der Waals surface area contributed by atoms with Crippen LogP contribution in [0, 0.1) is 6.07 Å². The van der Waals surface area contributed by atoms with Crippen molar-refractivity contribution in [2.45, 2.75) is 9.79 Å². The van der Waals surface area contributed by atoms with Gasteiger partial charge in [0.15, 0.2) is 4.90 Å². The Kier molecular flexibility index (Phi) is 3.24. The van der Waals surface area contributed by atoms with Crippen molar-refractivity contribution in [3.8, 4) is 5.75 Å². The van der Waals surface area contributed by atoms with Crippen molar-refractivity contribution < 1.29 is 30.7 Å². The van der Waals surface area contributed by atoms with Gasteiger partial charge in [0.25, 0.3) is 20.2 Å². The lowest BCUT2D eigenvalue weighted by molar-refractivity contribution is 0.390. The highest BCUT2D eigenvalue weighted by atomic mass is 32.2. The van der Waals surface area contributed by atoms with E-state index in [1.807, 2.05) is 0 Å². The zero-order valence-corrected chi connectivity index (χ0v) is 9.54. The number of hydrogen-bond acceptors (Lipinski definition) is 5. The number of ether oxygens (including phenoxy) is 1. The van der Waals surface area contributed by atoms with Gasteiger partial charge < -0.3 is 4.74 Å². The first kappa shape index (κ1) is 12.9. The molecule has 0 saturated heterocycles. The standard InChI is InChI=1S/C7H7O7S2/c1-14-5-3-2-4-6(15(8,9)10)7(5)16(11,12)13/h2,4H,1H3,(H,8,9,10)(H,11,12,13). The molecular formula is C7H7O7S2. The second-order valence-corrected chi connectivity index (χ2v) is 5.40. The van der Waals surface area contributed by atoms with E-state index in [9.17, 15) is 16.8 Å². The van der Waals surface area contributed by atoms with Crippen LogP contribution in [-0.2, 0) is 20.2 Å². The highest BCUT2D eigenvalue weighted by molar-refractivity contribution is 7.89. The van der Waals surface area contributed by atoms with Crippen molar-refractivity contribution in [2.24, 2.45) is 0 Å². The van der Waals surface area contributed by atoms with Crippen molar-refractivity contribution in [3.05, 3.63) is 18.2 Å². The van der Waals surface area contributed by atoms with Crippen LogP contribution in [0.2, 0.25) is 0 Å². The van der Waals surface area contributed by atoms with E-state index in [-0.39, 0.29) is 0 Å². The van der Waals surface area contributed by atoms with Gasteiger partial charge >= 0.3 is 0 Å². The number of hydrogen-bond donors (Lipinski definition) is 2. The summed E-state index contributed by atoms with van der Waals surface area (Å²) in [4.78, 5) is -2.01. The number of rotatable bonds is 3. The highest BCUT2D eigenvalue weighted by Crippen LogP contribution is 2.29. The molecule has 0 aromatic heterocycles. The molecule has 7 nitrogen and oxygen atoms in total. The van der Waals surface area contributed by atoms with Crippen LogP contribution in [0.15, 0.2) is 21.9 Å². The molecule has 0 aliphatic carbocycles. The lowest BCUT2D eigenvalue weighted by Gasteiger charge is -2.08. The van der Waals surface area contributed by atoms with E-state index in [0.29, 0.717) is 0 Å². The predicted octanol–water partition coefficient (Wildman–Crippen LogP) is -0.0112. The van der Waals surface area contributed by atoms with Crippen molar-refractivity contribution in [3.63, 3.8) is 0 Å². The molecule has 1 aromatic carbocycles. The molecule has 89 valence electrons. The van der Waals surface area contributed by atoms with Gasteiger partial charge in [-0.3, -0.25) is 9.11 Å². The van der Waals surface area contributed by atoms with Gasteiger partial charge in [0.1, 0.15) is 10.6 Å². The molecule has 0 bridgehead atoms. The SMILES string of the molecule is COc1[c]ccc(S(=O)(=O)O)c1S(=O)(=O)O. The van der Waals surface area contributed by atoms with Crippen LogP contribution in [0.25, 0.3) is 0 Å². The molecule has 0 spiro atoms. The Morgan fingerprint density at radius 3 is 2.12 bits per heavy atom. The summed E-state index contributed by atoms with van der Waals surface area (Å²) < 4.78 is 65.8. The van der Waals surface area contributed by atoms with E-state index in [4.69, 9.17) is 9.11 Å². The Labute approximate surface area is 92.2 Å². The fraction of sp³-hybridized carbons (Fsp3) is 0.143. The third-order valence-electron chi connectivity index (χ3n) is 1.62. The van der Waals surface area contributed by atoms with Crippen LogP contribution in [0.4, 0.5) is 0 Å². The summed E-state index contributed by atoms with van der Waals surface area (Å²) in [6.07, 6.45) is 0. The van der Waals surface area contributed by atoms with E-state index in [1.165, 1.54) is 0 Å². The minimum absolute atomic E-state index is 0.502. The van der Waals surface area contributed by atoms with Gasteiger partial charge in [0, 0.05) is 6.07 Å². The molecule has 0 fully saturated rings. The Morgan fingerprint density at radius 1 is 1.19 bits per heavy atom. The molecule has 0 unspecified atom stereocenters. The Bertz CT molecular complexity index is 600. The van der Waals surface area contributed by atoms with E-state index in [0.717, 1.165) is 19.2 Å². The first-order valence-corrected chi connectivity index (χ1v) is 6.59. The van der Waals surface area contributed by atoms with Gasteiger partial charge in [0.05, 0.1) is 7.11 Å². The van der Waals surface area contributed by atoms with Gasteiger partial charge in [0.2, 0.25) is 0 Å². The first-order valence-electron chi connectivity index (χ1n) is 3.71. The normalized spacial score (nSPS) is 12.4. The van der Waals surface area contributed by atoms with Crippen LogP contribution >= 0.6 is 0 Å². The average molecular weight is 267 g/mol. The Morgan fingerprint density at radius 2 is 1.75 bits per heavy atom. The maximum atomic E-state index is 11.0. The molecule has 0 heterocycles. The highest BCUT2D eigenvalue weighted by Gasteiger charge is 2.27. The minimum atomic E-state index is -4.85. The summed E-state index contributed by atoms with van der Waals surface area (Å²) in [6, 6.07) is 4.09. The molecule has 1 radical (unpaired) electrons. The summed E-state index contributed by atoms with van der Waals surface area (Å²) in [7, 11) is -8.58. The molecule has 1 rings (SSSR count). The first-order chi connectivity index (χ1) is 7.18. The summed E-state index contributed by atoms with van der Waals surface area (Å²) in [6.45, 7) is 0. The molecule has 9 heteroatoms. The fourth-order valence-electron chi connectivity index (χ4n) is 1.05. The van der Waals surface area contributed by atoms with Gasteiger partial charge in [-0.15, -0.1) is 0 Å². The summed E-state index contributed by atoms with van der Waals surface area (Å²) in [5.74, 6) is -0.502. The van der Waals surface area contributed by atoms with Crippen molar-refractivity contribution in [1.29, 1.82) is 0 Å². The zero-order valence-electron chi connectivity index (χ0n) is 7.91. The van der Waals surface area contributed by atoms with Crippen molar-refractivity contribution in [1.82, 2.24) is 0 Å². The third kappa shape index (κ3) is 2.50. The van der Waals surface area contributed by atoms with E-state index in [1.54, 1.807) is 0 Å². The molecule has 0 amide bonds. The average Bonchev–Trinajstić information content (AvgIpc) is 2.13. The Hall–Kier alpha value is -1.16. The van der Waals surface area contributed by atoms with Gasteiger partial charge in [-0.1, -0.05) is 0 Å². The van der Waals surface area contributed by atoms with Crippen LogP contribution < -0.4 is 4.74 Å². The smallest absolute Gasteiger partial charge is 0.299 e. The maximum absolute atomic E-state index is 11.0. The molecule has 2 N–H and O–H groups in total. The molecular weight excluding hydrogens is 260 g/mol. The monoisotopic (exact) mass is 267 g/mol. The lowest BCUT2D eigenvalue weighted by atomic mass is 10.3. The second-order valence-electron chi connectivity index (χ2n) is 2.65.